The van der Waals surface area contributed by atoms with E-state index in [2.05, 4.69) is 4.74 Å². The molecule has 1 saturated heterocycles. The summed E-state index contributed by atoms with van der Waals surface area (Å²) in [5, 5.41) is 16.7. The topological polar surface area (TPSA) is 49.7 Å². The smallest absolute Gasteiger partial charge is 0.427 e. The van der Waals surface area contributed by atoms with Gasteiger partial charge in [-0.05, 0) is 0 Å². The van der Waals surface area contributed by atoms with E-state index < -0.39 is 7.12 Å². The third-order valence-corrected chi connectivity index (χ3v) is 1.09. The van der Waals surface area contributed by atoms with Crippen molar-refractivity contribution in [3.05, 3.63) is 0 Å². The van der Waals surface area contributed by atoms with Gasteiger partial charge in [-0.1, -0.05) is 0 Å². The minimum Gasteiger partial charge on any atom is -0.427 e. The molecule has 0 aromatic heterocycles. The Bertz CT molecular complexity index is 61.2. The molecule has 1 aliphatic rings. The van der Waals surface area contributed by atoms with Crippen molar-refractivity contribution >= 4 is 7.12 Å². The first-order valence-electron chi connectivity index (χ1n) is 2.24. The highest BCUT2D eigenvalue weighted by Crippen LogP contribution is 2.16. The van der Waals surface area contributed by atoms with Crippen LogP contribution in [0.1, 0.15) is 0 Å². The minimum absolute atomic E-state index is 0.0278. The van der Waals surface area contributed by atoms with Gasteiger partial charge in [-0.25, -0.2) is 0 Å². The first-order valence-corrected chi connectivity index (χ1v) is 2.24. The van der Waals surface area contributed by atoms with E-state index in [1.165, 1.54) is 0 Å². The average molecular weight is 102 g/mol. The van der Waals surface area contributed by atoms with Gasteiger partial charge in [-0.15, -0.1) is 0 Å². The molecule has 0 saturated carbocycles. The zero-order chi connectivity index (χ0) is 5.28. The highest BCUT2D eigenvalue weighted by atomic mass is 16.5. The van der Waals surface area contributed by atoms with Crippen LogP contribution < -0.4 is 0 Å². The molecule has 0 unspecified atom stereocenters. The molecule has 0 amide bonds. The van der Waals surface area contributed by atoms with Crippen molar-refractivity contribution in [3.63, 3.8) is 0 Å². The molecule has 0 aromatic carbocycles. The standard InChI is InChI=1S/C3H7BO3/c5-4(6)3-1-7-2-3/h3,5-6H,1-2H2. The van der Waals surface area contributed by atoms with Crippen LogP contribution in [-0.2, 0) is 4.74 Å². The Morgan fingerprint density at radius 1 is 1.43 bits per heavy atom. The van der Waals surface area contributed by atoms with Crippen molar-refractivity contribution < 1.29 is 14.8 Å². The highest BCUT2D eigenvalue weighted by molar-refractivity contribution is 6.43. The summed E-state index contributed by atoms with van der Waals surface area (Å²) < 4.78 is 4.68. The molecular formula is C3H7BO3. The Labute approximate surface area is 42.1 Å². The molecule has 0 aliphatic carbocycles. The normalized spacial score (nSPS) is 21.4. The monoisotopic (exact) mass is 102 g/mol. The first-order chi connectivity index (χ1) is 3.30. The van der Waals surface area contributed by atoms with Crippen molar-refractivity contribution in [2.75, 3.05) is 13.2 Å². The maximum Gasteiger partial charge on any atom is 0.459 e. The second kappa shape index (κ2) is 1.82. The largest absolute Gasteiger partial charge is 0.459 e. The maximum absolute atomic E-state index is 8.35. The fourth-order valence-electron chi connectivity index (χ4n) is 0.426. The predicted octanol–water partition coefficient (Wildman–Crippen LogP) is -1.14. The van der Waals surface area contributed by atoms with Gasteiger partial charge in [0.2, 0.25) is 0 Å². The number of ether oxygens (including phenoxy) is 1. The van der Waals surface area contributed by atoms with Crippen LogP contribution in [0.3, 0.4) is 0 Å². The van der Waals surface area contributed by atoms with Crippen LogP contribution in [0.25, 0.3) is 0 Å². The van der Waals surface area contributed by atoms with Crippen LogP contribution in [-0.4, -0.2) is 30.4 Å². The summed E-state index contributed by atoms with van der Waals surface area (Å²) in [7, 11) is -1.17. The summed E-state index contributed by atoms with van der Waals surface area (Å²) in [5.74, 6) is -0.0278. The fraction of sp³-hybridized carbons (Fsp3) is 1.00. The van der Waals surface area contributed by atoms with Crippen LogP contribution >= 0.6 is 0 Å². The van der Waals surface area contributed by atoms with Crippen molar-refractivity contribution in [2.24, 2.45) is 0 Å². The molecule has 3 nitrogen and oxygen atoms in total. The highest BCUT2D eigenvalue weighted by Gasteiger charge is 2.29. The lowest BCUT2D eigenvalue weighted by Crippen LogP contribution is -2.35. The molecule has 4 heteroatoms. The lowest BCUT2D eigenvalue weighted by atomic mass is 9.72. The lowest BCUT2D eigenvalue weighted by molar-refractivity contribution is 0.0238. The van der Waals surface area contributed by atoms with Crippen molar-refractivity contribution in [3.8, 4) is 0 Å². The van der Waals surface area contributed by atoms with Crippen molar-refractivity contribution in [1.29, 1.82) is 0 Å². The summed E-state index contributed by atoms with van der Waals surface area (Å²) in [6.07, 6.45) is 0. The Morgan fingerprint density at radius 2 is 2.00 bits per heavy atom. The van der Waals surface area contributed by atoms with E-state index in [0.717, 1.165) is 0 Å². The molecule has 1 fully saturated rings. The molecule has 1 aliphatic heterocycles. The average Bonchev–Trinajstić information content (AvgIpc) is 1.23. The molecule has 0 radical (unpaired) electrons. The zero-order valence-corrected chi connectivity index (χ0v) is 3.87. The Hall–Kier alpha value is -0.0551. The van der Waals surface area contributed by atoms with E-state index in [0.29, 0.717) is 13.2 Å². The molecule has 2 N–H and O–H groups in total. The van der Waals surface area contributed by atoms with Crippen LogP contribution in [0.15, 0.2) is 0 Å². The molecule has 1 rings (SSSR count). The Morgan fingerprint density at radius 3 is 2.00 bits per heavy atom. The van der Waals surface area contributed by atoms with E-state index in [-0.39, 0.29) is 5.82 Å². The van der Waals surface area contributed by atoms with Gasteiger partial charge < -0.3 is 14.8 Å². The van der Waals surface area contributed by atoms with Crippen LogP contribution in [0.5, 0.6) is 0 Å². The lowest BCUT2D eigenvalue weighted by Gasteiger charge is -2.24. The van der Waals surface area contributed by atoms with Crippen LogP contribution in [0.4, 0.5) is 0 Å². The number of hydrogen-bond donors (Lipinski definition) is 2. The van der Waals surface area contributed by atoms with E-state index in [4.69, 9.17) is 10.0 Å². The maximum atomic E-state index is 8.35. The summed E-state index contributed by atoms with van der Waals surface area (Å²) in [6, 6.07) is 0. The third kappa shape index (κ3) is 0.935. The molecule has 40 valence electrons. The van der Waals surface area contributed by atoms with Crippen molar-refractivity contribution in [2.45, 2.75) is 5.82 Å². The number of rotatable bonds is 1. The summed E-state index contributed by atoms with van der Waals surface area (Å²) >= 11 is 0. The van der Waals surface area contributed by atoms with E-state index in [9.17, 15) is 0 Å². The van der Waals surface area contributed by atoms with Crippen LogP contribution in [0, 0.1) is 0 Å². The fourth-order valence-corrected chi connectivity index (χ4v) is 0.426. The summed E-state index contributed by atoms with van der Waals surface area (Å²) in [6.45, 7) is 0.995. The van der Waals surface area contributed by atoms with Crippen molar-refractivity contribution in [1.82, 2.24) is 0 Å². The molecule has 0 aromatic rings. The zero-order valence-electron chi connectivity index (χ0n) is 3.87. The van der Waals surface area contributed by atoms with Gasteiger partial charge in [0.15, 0.2) is 0 Å². The molecule has 7 heavy (non-hydrogen) atoms. The molecule has 0 spiro atoms. The van der Waals surface area contributed by atoms with Gasteiger partial charge in [0.1, 0.15) is 0 Å². The first kappa shape index (κ1) is 5.09. The minimum atomic E-state index is -1.17. The Kier molecular flexibility index (Phi) is 1.32. The Balaban J connectivity index is 2.14. The van der Waals surface area contributed by atoms with Gasteiger partial charge >= 0.3 is 7.12 Å². The molecule has 1 heterocycles. The quantitative estimate of drug-likeness (QED) is 0.411. The third-order valence-electron chi connectivity index (χ3n) is 1.09. The van der Waals surface area contributed by atoms with Crippen LogP contribution in [0.2, 0.25) is 5.82 Å². The summed E-state index contributed by atoms with van der Waals surface area (Å²) in [4.78, 5) is 0. The van der Waals surface area contributed by atoms with Gasteiger partial charge in [0, 0.05) is 5.82 Å². The predicted molar refractivity (Wildman–Crippen MR) is 24.8 cm³/mol. The van der Waals surface area contributed by atoms with Gasteiger partial charge in [0.05, 0.1) is 13.2 Å². The van der Waals surface area contributed by atoms with E-state index >= 15 is 0 Å². The van der Waals surface area contributed by atoms with Gasteiger partial charge in [-0.2, -0.15) is 0 Å². The van der Waals surface area contributed by atoms with Gasteiger partial charge in [0.25, 0.3) is 0 Å². The molecular weight excluding hydrogens is 94.8 g/mol. The second-order valence-electron chi connectivity index (χ2n) is 1.71. The van der Waals surface area contributed by atoms with Gasteiger partial charge in [-0.3, -0.25) is 0 Å². The number of hydrogen-bond acceptors (Lipinski definition) is 3. The molecule has 0 atom stereocenters. The van der Waals surface area contributed by atoms with E-state index in [1.54, 1.807) is 0 Å². The molecule has 0 bridgehead atoms. The second-order valence-corrected chi connectivity index (χ2v) is 1.71. The SMILES string of the molecule is OB(O)C1COC1. The van der Waals surface area contributed by atoms with E-state index in [1.807, 2.05) is 0 Å². The summed E-state index contributed by atoms with van der Waals surface area (Å²) in [5.41, 5.74) is 0.